The van der Waals surface area contributed by atoms with Crippen LogP contribution in [0.3, 0.4) is 0 Å². The van der Waals surface area contributed by atoms with E-state index in [9.17, 15) is 29.1 Å². The minimum Gasteiger partial charge on any atom is -0.508 e. The van der Waals surface area contributed by atoms with Crippen LogP contribution in [0.4, 0.5) is 0 Å². The zero-order chi connectivity index (χ0) is 45.3. The Balaban J connectivity index is 1.78. The number of amides is 5. The van der Waals surface area contributed by atoms with Crippen LogP contribution >= 0.6 is 0 Å². The number of phenols is 1. The lowest BCUT2D eigenvalue weighted by atomic mass is 9.95. The molecule has 1 aliphatic heterocycles. The summed E-state index contributed by atoms with van der Waals surface area (Å²) in [5.74, 6) is -1.78. The molecule has 0 saturated carbocycles. The molecule has 12 N–H and O–H groups in total. The standard InChI is InChI=1S/C45H75N11O6/c1-46-20-8-15-35(50-5)29-53-41(58)28-34(49-4)14-9-23-52-42(59)36(16-10-21-47-2)54-45(62)39-25-30-12-7-13-31(24-30)32-18-19-40(57)33(26-32)27-38(51-6)44(61)55-37(43(60)56-39)17-11-22-48-3/h7,12-13,18-19,24,26,34-39,46-51,57H,8-11,14-17,20-23,25,27-29H2,1-6H3,(H,52,59)(H,53,58)(H,54,62)(H,55,61)(H,56,60)/t34-,35-,36-,37-,38-,39-/m0/s1. The van der Waals surface area contributed by atoms with Crippen LogP contribution in [-0.2, 0) is 36.8 Å². The second-order valence-corrected chi connectivity index (χ2v) is 16.1. The summed E-state index contributed by atoms with van der Waals surface area (Å²) >= 11 is 0. The highest BCUT2D eigenvalue weighted by molar-refractivity contribution is 5.95. The number of phenolic OH excluding ortho intramolecular Hbond substituents is 1. The third kappa shape index (κ3) is 18.0. The van der Waals surface area contributed by atoms with Crippen LogP contribution in [0.15, 0.2) is 42.5 Å². The van der Waals surface area contributed by atoms with Gasteiger partial charge in [-0.25, -0.2) is 0 Å². The maximum absolute atomic E-state index is 14.3. The first-order valence-electron chi connectivity index (χ1n) is 22.3. The van der Waals surface area contributed by atoms with E-state index in [0.29, 0.717) is 76.7 Å². The third-order valence-corrected chi connectivity index (χ3v) is 11.4. The minimum atomic E-state index is -1.08. The first kappa shape index (κ1) is 51.7. The van der Waals surface area contributed by atoms with Gasteiger partial charge in [0.25, 0.3) is 0 Å². The van der Waals surface area contributed by atoms with Crippen LogP contribution in [0.2, 0.25) is 0 Å². The number of hydrogen-bond donors (Lipinski definition) is 12. The fraction of sp³-hybridized carbons (Fsp3) is 0.622. The van der Waals surface area contributed by atoms with E-state index < -0.39 is 41.9 Å². The summed E-state index contributed by atoms with van der Waals surface area (Å²) in [5.41, 5.74) is 3.00. The van der Waals surface area contributed by atoms with Crippen molar-refractivity contribution in [3.63, 3.8) is 0 Å². The van der Waals surface area contributed by atoms with E-state index in [2.05, 4.69) is 58.5 Å². The largest absolute Gasteiger partial charge is 0.508 e. The molecule has 0 saturated heterocycles. The molecule has 6 atom stereocenters. The summed E-state index contributed by atoms with van der Waals surface area (Å²) in [7, 11) is 10.9. The van der Waals surface area contributed by atoms with E-state index in [-0.39, 0.29) is 42.5 Å². The Kier molecular flexibility index (Phi) is 24.1. The number of likely N-dealkylation sites (N-methyl/N-ethyl adjacent to an activating group) is 2. The first-order valence-corrected chi connectivity index (χ1v) is 22.3. The van der Waals surface area contributed by atoms with Crippen molar-refractivity contribution in [2.45, 2.75) is 107 Å². The highest BCUT2D eigenvalue weighted by atomic mass is 16.3. The van der Waals surface area contributed by atoms with E-state index in [1.165, 1.54) is 0 Å². The van der Waals surface area contributed by atoms with E-state index in [0.717, 1.165) is 36.1 Å². The predicted octanol–water partition coefficient (Wildman–Crippen LogP) is -0.222. The Bertz CT molecular complexity index is 1700. The van der Waals surface area contributed by atoms with Crippen molar-refractivity contribution in [2.75, 3.05) is 75.0 Å². The summed E-state index contributed by atoms with van der Waals surface area (Å²) in [6.07, 6.45) is 5.66. The lowest BCUT2D eigenvalue weighted by Gasteiger charge is -2.26. The quantitative estimate of drug-likeness (QED) is 0.0551. The van der Waals surface area contributed by atoms with Gasteiger partial charge < -0.3 is 63.6 Å². The molecule has 62 heavy (non-hydrogen) atoms. The fourth-order valence-electron chi connectivity index (χ4n) is 7.56. The number of hydrogen-bond acceptors (Lipinski definition) is 12. The van der Waals surface area contributed by atoms with Crippen molar-refractivity contribution < 1.29 is 29.1 Å². The van der Waals surface area contributed by atoms with Gasteiger partial charge in [-0.1, -0.05) is 30.3 Å². The molecule has 0 spiro atoms. The Labute approximate surface area is 368 Å². The molecule has 17 nitrogen and oxygen atoms in total. The molecule has 17 heteroatoms. The molecule has 5 amide bonds. The first-order chi connectivity index (χ1) is 30.0. The predicted molar refractivity (Wildman–Crippen MR) is 245 cm³/mol. The van der Waals surface area contributed by atoms with Gasteiger partial charge in [-0.2, -0.15) is 0 Å². The van der Waals surface area contributed by atoms with E-state index in [1.807, 2.05) is 58.5 Å². The number of nitrogens with one attached hydrogen (secondary N) is 11. The van der Waals surface area contributed by atoms with Gasteiger partial charge in [0.05, 0.1) is 6.04 Å². The molecular formula is C45H75N11O6. The average molecular weight is 866 g/mol. The molecule has 1 heterocycles. The normalized spacial score (nSPS) is 18.3. The van der Waals surface area contributed by atoms with Crippen LogP contribution in [0, 0.1) is 0 Å². The highest BCUT2D eigenvalue weighted by Crippen LogP contribution is 2.28. The second kappa shape index (κ2) is 28.9. The molecule has 2 aromatic carbocycles. The Hall–Kier alpha value is -4.65. The third-order valence-electron chi connectivity index (χ3n) is 11.4. The van der Waals surface area contributed by atoms with Gasteiger partial charge in [0, 0.05) is 44.4 Å². The van der Waals surface area contributed by atoms with Gasteiger partial charge in [-0.15, -0.1) is 0 Å². The molecule has 2 aromatic rings. The summed E-state index contributed by atoms with van der Waals surface area (Å²) < 4.78 is 0. The van der Waals surface area contributed by atoms with E-state index in [1.54, 1.807) is 26.2 Å². The summed E-state index contributed by atoms with van der Waals surface area (Å²) in [4.78, 5) is 68.6. The number of carbonyl (C=O) groups excluding carboxylic acids is 5. The molecule has 3 rings (SSSR count). The minimum absolute atomic E-state index is 0.0371. The van der Waals surface area contributed by atoms with Crippen LogP contribution < -0.4 is 58.5 Å². The lowest BCUT2D eigenvalue weighted by molar-refractivity contribution is -0.134. The topological polar surface area (TPSA) is 238 Å². The highest BCUT2D eigenvalue weighted by Gasteiger charge is 2.31. The van der Waals surface area contributed by atoms with Gasteiger partial charge in [-0.05, 0) is 148 Å². The Morgan fingerprint density at radius 1 is 0.726 bits per heavy atom. The van der Waals surface area contributed by atoms with Gasteiger partial charge in [0.15, 0.2) is 0 Å². The Morgan fingerprint density at radius 3 is 2.08 bits per heavy atom. The number of carbonyl (C=O) groups is 5. The SMILES string of the molecule is CNCCC[C@@H](CNC(=O)C[C@H](CCCNC(=O)[C@H](CCCNC)NC(=O)[C@@H]1Cc2cccc(c2)-c2ccc(O)c(c2)C[C@H](NC)C(=O)N[C@@H](CCCNC)C(=O)N1)NC)NC. The maximum Gasteiger partial charge on any atom is 0.243 e. The van der Waals surface area contributed by atoms with Crippen LogP contribution in [-0.4, -0.2) is 146 Å². The summed E-state index contributed by atoms with van der Waals surface area (Å²) in [6.45, 7) is 3.05. The number of aromatic hydroxyl groups is 1. The zero-order valence-corrected chi connectivity index (χ0v) is 37.8. The van der Waals surface area contributed by atoms with Crippen LogP contribution in [0.5, 0.6) is 5.75 Å². The Morgan fingerprint density at radius 2 is 1.39 bits per heavy atom. The van der Waals surface area contributed by atoms with E-state index in [4.69, 9.17) is 0 Å². The van der Waals surface area contributed by atoms with Gasteiger partial charge >= 0.3 is 0 Å². The van der Waals surface area contributed by atoms with Crippen molar-refractivity contribution in [2.24, 2.45) is 0 Å². The van der Waals surface area contributed by atoms with Crippen LogP contribution in [0.1, 0.15) is 68.9 Å². The smallest absolute Gasteiger partial charge is 0.243 e. The lowest BCUT2D eigenvalue weighted by Crippen LogP contribution is -2.58. The molecular weight excluding hydrogens is 791 g/mol. The molecule has 0 aromatic heterocycles. The molecule has 1 aliphatic rings. The maximum atomic E-state index is 14.3. The van der Waals surface area contributed by atoms with Crippen molar-refractivity contribution in [1.82, 2.24) is 58.5 Å². The molecule has 0 aliphatic carbocycles. The fourth-order valence-corrected chi connectivity index (χ4v) is 7.56. The number of benzene rings is 2. The van der Waals surface area contributed by atoms with Crippen molar-refractivity contribution in [3.05, 3.63) is 53.6 Å². The van der Waals surface area contributed by atoms with Crippen molar-refractivity contribution in [1.29, 1.82) is 0 Å². The zero-order valence-electron chi connectivity index (χ0n) is 37.8. The molecule has 0 unspecified atom stereocenters. The number of fused-ring (bicyclic) bond motifs is 5. The van der Waals surface area contributed by atoms with Crippen molar-refractivity contribution in [3.8, 4) is 16.9 Å². The average Bonchev–Trinajstić information content (AvgIpc) is 3.27. The van der Waals surface area contributed by atoms with Gasteiger partial charge in [0.2, 0.25) is 29.5 Å². The molecule has 0 radical (unpaired) electrons. The molecule has 346 valence electrons. The molecule has 0 fully saturated rings. The van der Waals surface area contributed by atoms with Gasteiger partial charge in [-0.3, -0.25) is 24.0 Å². The van der Waals surface area contributed by atoms with Crippen LogP contribution in [0.25, 0.3) is 11.1 Å². The summed E-state index contributed by atoms with van der Waals surface area (Å²) in [6, 6.07) is 9.31. The van der Waals surface area contributed by atoms with Crippen molar-refractivity contribution >= 4 is 29.5 Å². The van der Waals surface area contributed by atoms with Gasteiger partial charge in [0.1, 0.15) is 23.9 Å². The number of rotatable bonds is 26. The van der Waals surface area contributed by atoms with E-state index >= 15 is 0 Å². The summed E-state index contributed by atoms with van der Waals surface area (Å²) in [5, 5.41) is 44.4. The second-order valence-electron chi connectivity index (χ2n) is 16.1. The molecule has 4 bridgehead atoms. The monoisotopic (exact) mass is 866 g/mol.